The molecule has 0 atom stereocenters. The van der Waals surface area contributed by atoms with Gasteiger partial charge in [0.2, 0.25) is 0 Å². The number of rotatable bonds is 3. The van der Waals surface area contributed by atoms with E-state index in [0.717, 1.165) is 26.6 Å². The van der Waals surface area contributed by atoms with E-state index in [1.54, 1.807) is 16.8 Å². The van der Waals surface area contributed by atoms with Gasteiger partial charge in [0.1, 0.15) is 5.82 Å². The second-order valence-electron chi connectivity index (χ2n) is 6.36. The highest BCUT2D eigenvalue weighted by molar-refractivity contribution is 9.10. The maximum absolute atomic E-state index is 12.6. The molecule has 0 unspecified atom stereocenters. The first-order valence-corrected chi connectivity index (χ1v) is 9.31. The first-order chi connectivity index (χ1) is 13.0. The lowest BCUT2D eigenvalue weighted by Crippen LogP contribution is -2.15. The lowest BCUT2D eigenvalue weighted by atomic mass is 10.1. The summed E-state index contributed by atoms with van der Waals surface area (Å²) in [6.45, 7) is 3.93. The van der Waals surface area contributed by atoms with Gasteiger partial charge in [-0.3, -0.25) is 4.79 Å². The number of nitrogens with one attached hydrogen (secondary N) is 1. The summed E-state index contributed by atoms with van der Waals surface area (Å²) >= 11 is 3.39. The van der Waals surface area contributed by atoms with Crippen molar-refractivity contribution in [2.24, 2.45) is 0 Å². The Kier molecular flexibility index (Phi) is 4.49. The molecule has 134 valence electrons. The first kappa shape index (κ1) is 17.4. The molecule has 0 saturated carbocycles. The number of aryl methyl sites for hydroxylation is 2. The summed E-state index contributed by atoms with van der Waals surface area (Å²) in [4.78, 5) is 17.4. The normalized spacial score (nSPS) is 10.9. The molecule has 6 heteroatoms. The van der Waals surface area contributed by atoms with Gasteiger partial charge < -0.3 is 5.32 Å². The van der Waals surface area contributed by atoms with E-state index in [1.807, 2.05) is 62.4 Å². The number of benzene rings is 2. The fraction of sp³-hybridized carbons (Fsp3) is 0.0952. The molecular weight excluding hydrogens is 404 g/mol. The van der Waals surface area contributed by atoms with Crippen molar-refractivity contribution in [2.75, 3.05) is 5.32 Å². The fourth-order valence-electron chi connectivity index (χ4n) is 3.02. The first-order valence-electron chi connectivity index (χ1n) is 8.51. The van der Waals surface area contributed by atoms with E-state index in [4.69, 9.17) is 4.98 Å². The van der Waals surface area contributed by atoms with Crippen LogP contribution in [0.3, 0.4) is 0 Å². The summed E-state index contributed by atoms with van der Waals surface area (Å²) in [5.74, 6) is 1.05. The van der Waals surface area contributed by atoms with Crippen LogP contribution in [0.15, 0.2) is 65.1 Å². The van der Waals surface area contributed by atoms with Crippen molar-refractivity contribution in [1.29, 1.82) is 0 Å². The van der Waals surface area contributed by atoms with Crippen LogP contribution in [0.25, 0.3) is 16.7 Å². The topological polar surface area (TPSA) is 59.8 Å². The van der Waals surface area contributed by atoms with Gasteiger partial charge >= 0.3 is 0 Å². The Balaban J connectivity index is 1.74. The monoisotopic (exact) mass is 420 g/mol. The number of aromatic nitrogens is 3. The van der Waals surface area contributed by atoms with Crippen molar-refractivity contribution in [3.8, 4) is 5.82 Å². The number of anilines is 1. The summed E-state index contributed by atoms with van der Waals surface area (Å²) in [6.07, 6.45) is 0. The van der Waals surface area contributed by atoms with E-state index < -0.39 is 0 Å². The van der Waals surface area contributed by atoms with E-state index in [-0.39, 0.29) is 5.91 Å². The number of fused-ring (bicyclic) bond motifs is 1. The molecule has 4 aromatic rings. The number of pyridine rings is 1. The van der Waals surface area contributed by atoms with Crippen LogP contribution in [0.2, 0.25) is 0 Å². The Hall–Kier alpha value is -2.99. The Morgan fingerprint density at radius 3 is 2.67 bits per heavy atom. The molecule has 0 fully saturated rings. The zero-order chi connectivity index (χ0) is 19.0. The molecule has 0 aliphatic heterocycles. The van der Waals surface area contributed by atoms with Crippen molar-refractivity contribution in [3.63, 3.8) is 0 Å². The molecule has 1 N–H and O–H groups in total. The van der Waals surface area contributed by atoms with Crippen LogP contribution in [-0.4, -0.2) is 20.7 Å². The average molecular weight is 421 g/mol. The Labute approximate surface area is 165 Å². The largest absolute Gasteiger partial charge is 0.306 e. The quantitative estimate of drug-likeness (QED) is 0.504. The standard InChI is InChI=1S/C21H17BrN4O/c1-13-10-19(23-18-9-4-3-8-17(13)18)26-20(11-14(2)25-26)24-21(27)15-6-5-7-16(22)12-15/h3-12H,1-2H3,(H,24,27). The predicted octanol–water partition coefficient (Wildman–Crippen LogP) is 5.05. The van der Waals surface area contributed by atoms with Gasteiger partial charge in [0.05, 0.1) is 11.2 Å². The van der Waals surface area contributed by atoms with Crippen molar-refractivity contribution >= 4 is 38.6 Å². The van der Waals surface area contributed by atoms with Gasteiger partial charge in [-0.05, 0) is 49.7 Å². The summed E-state index contributed by atoms with van der Waals surface area (Å²) in [7, 11) is 0. The SMILES string of the molecule is Cc1cc(NC(=O)c2cccc(Br)c2)n(-c2cc(C)c3ccccc3n2)n1. The van der Waals surface area contributed by atoms with Crippen LogP contribution in [0.4, 0.5) is 5.82 Å². The second-order valence-corrected chi connectivity index (χ2v) is 7.28. The molecule has 1 amide bonds. The third-order valence-electron chi connectivity index (χ3n) is 4.29. The molecule has 2 aromatic carbocycles. The zero-order valence-corrected chi connectivity index (χ0v) is 16.5. The molecule has 2 aromatic heterocycles. The minimum atomic E-state index is -0.199. The van der Waals surface area contributed by atoms with Gasteiger partial charge in [-0.15, -0.1) is 0 Å². The molecule has 0 radical (unpaired) electrons. The van der Waals surface area contributed by atoms with Gasteiger partial charge in [0, 0.05) is 21.5 Å². The minimum absolute atomic E-state index is 0.199. The van der Waals surface area contributed by atoms with Crippen molar-refractivity contribution < 1.29 is 4.79 Å². The molecule has 0 aliphatic rings. The number of nitrogens with zero attached hydrogens (tertiary/aromatic N) is 3. The molecule has 0 aliphatic carbocycles. The number of amides is 1. The summed E-state index contributed by atoms with van der Waals surface area (Å²) < 4.78 is 2.52. The lowest BCUT2D eigenvalue weighted by Gasteiger charge is -2.11. The second kappa shape index (κ2) is 6.96. The number of para-hydroxylation sites is 1. The summed E-state index contributed by atoms with van der Waals surface area (Å²) in [5.41, 5.74) is 3.36. The molecule has 0 spiro atoms. The summed E-state index contributed by atoms with van der Waals surface area (Å²) in [6, 6.07) is 19.1. The van der Waals surface area contributed by atoms with Crippen molar-refractivity contribution in [2.45, 2.75) is 13.8 Å². The van der Waals surface area contributed by atoms with Crippen LogP contribution in [0, 0.1) is 13.8 Å². The predicted molar refractivity (Wildman–Crippen MR) is 110 cm³/mol. The van der Waals surface area contributed by atoms with Crippen LogP contribution < -0.4 is 5.32 Å². The van der Waals surface area contributed by atoms with Crippen molar-refractivity contribution in [3.05, 3.63) is 82.0 Å². The van der Waals surface area contributed by atoms with E-state index in [1.165, 1.54) is 0 Å². The lowest BCUT2D eigenvalue weighted by molar-refractivity contribution is 0.102. The van der Waals surface area contributed by atoms with E-state index in [0.29, 0.717) is 17.2 Å². The van der Waals surface area contributed by atoms with E-state index in [2.05, 4.69) is 26.3 Å². The van der Waals surface area contributed by atoms with Gasteiger partial charge in [0.15, 0.2) is 5.82 Å². The highest BCUT2D eigenvalue weighted by Crippen LogP contribution is 2.23. The Morgan fingerprint density at radius 1 is 1.04 bits per heavy atom. The van der Waals surface area contributed by atoms with Gasteiger partial charge in [0.25, 0.3) is 5.91 Å². The van der Waals surface area contributed by atoms with Gasteiger partial charge in [-0.25, -0.2) is 4.98 Å². The zero-order valence-electron chi connectivity index (χ0n) is 14.9. The summed E-state index contributed by atoms with van der Waals surface area (Å²) in [5, 5.41) is 8.57. The number of hydrogen-bond acceptors (Lipinski definition) is 3. The number of halogens is 1. The maximum Gasteiger partial charge on any atom is 0.256 e. The molecule has 4 rings (SSSR count). The number of carbonyl (C=O) groups is 1. The van der Waals surface area contributed by atoms with Crippen LogP contribution >= 0.6 is 15.9 Å². The Bertz CT molecular complexity index is 1170. The fourth-order valence-corrected chi connectivity index (χ4v) is 3.42. The molecule has 0 bridgehead atoms. The smallest absolute Gasteiger partial charge is 0.256 e. The van der Waals surface area contributed by atoms with Gasteiger partial charge in [-0.1, -0.05) is 40.2 Å². The van der Waals surface area contributed by atoms with Crippen LogP contribution in [-0.2, 0) is 0 Å². The van der Waals surface area contributed by atoms with Crippen molar-refractivity contribution in [1.82, 2.24) is 14.8 Å². The van der Waals surface area contributed by atoms with E-state index >= 15 is 0 Å². The van der Waals surface area contributed by atoms with Crippen LogP contribution in [0.1, 0.15) is 21.6 Å². The van der Waals surface area contributed by atoms with Crippen LogP contribution in [0.5, 0.6) is 0 Å². The maximum atomic E-state index is 12.6. The molecule has 5 nitrogen and oxygen atoms in total. The molecule has 27 heavy (non-hydrogen) atoms. The number of hydrogen-bond donors (Lipinski definition) is 1. The molecule has 2 heterocycles. The highest BCUT2D eigenvalue weighted by Gasteiger charge is 2.14. The van der Waals surface area contributed by atoms with Gasteiger partial charge in [-0.2, -0.15) is 9.78 Å². The minimum Gasteiger partial charge on any atom is -0.306 e. The highest BCUT2D eigenvalue weighted by atomic mass is 79.9. The molecular formula is C21H17BrN4O. The third kappa shape index (κ3) is 3.48. The number of carbonyl (C=O) groups excluding carboxylic acids is 1. The average Bonchev–Trinajstić information content (AvgIpc) is 3.02. The van der Waals surface area contributed by atoms with E-state index in [9.17, 15) is 4.79 Å². The Morgan fingerprint density at radius 2 is 1.85 bits per heavy atom. The third-order valence-corrected chi connectivity index (χ3v) is 4.78. The molecule has 0 saturated heterocycles.